The van der Waals surface area contributed by atoms with Crippen LogP contribution in [0.5, 0.6) is 11.5 Å². The molecule has 3 N–H and O–H groups in total. The summed E-state index contributed by atoms with van der Waals surface area (Å²) in [6, 6.07) is 15.4. The van der Waals surface area contributed by atoms with Crippen molar-refractivity contribution in [2.75, 3.05) is 30.1 Å². The summed E-state index contributed by atoms with van der Waals surface area (Å²) < 4.78 is 27.5. The molecule has 0 radical (unpaired) electrons. The van der Waals surface area contributed by atoms with Gasteiger partial charge < -0.3 is 15.1 Å². The predicted octanol–water partition coefficient (Wildman–Crippen LogP) is 3.84. The molecule has 0 aromatic heterocycles. The maximum Gasteiger partial charge on any atom is 0.233 e. The number of hydrogen-bond donors (Lipinski definition) is 3. The van der Waals surface area contributed by atoms with Crippen molar-refractivity contribution in [3.05, 3.63) is 60.2 Å². The van der Waals surface area contributed by atoms with Gasteiger partial charge in [-0.3, -0.25) is 9.71 Å². The highest BCUT2D eigenvalue weighted by atomic mass is 32.2. The number of nitrogens with zero attached hydrogens (tertiary/aromatic N) is 2. The van der Waals surface area contributed by atoms with E-state index in [1.807, 2.05) is 30.3 Å². The van der Waals surface area contributed by atoms with Crippen LogP contribution < -0.4 is 4.72 Å². The Hall–Kier alpha value is -3.10. The third-order valence-electron chi connectivity index (χ3n) is 5.40. The van der Waals surface area contributed by atoms with Crippen LogP contribution in [0.3, 0.4) is 0 Å². The fourth-order valence-corrected chi connectivity index (χ4v) is 4.82. The minimum absolute atomic E-state index is 0.0103. The van der Waals surface area contributed by atoms with Gasteiger partial charge in [0.25, 0.3) is 0 Å². The first-order chi connectivity index (χ1) is 14.9. The molecule has 0 amide bonds. The Morgan fingerprint density at radius 3 is 2.55 bits per heavy atom. The minimum atomic E-state index is -3.52. The Morgan fingerprint density at radius 1 is 1.00 bits per heavy atom. The number of fused-ring (bicyclic) bond motifs is 1. The van der Waals surface area contributed by atoms with E-state index in [-0.39, 0.29) is 22.9 Å². The van der Waals surface area contributed by atoms with E-state index >= 15 is 0 Å². The van der Waals surface area contributed by atoms with Crippen molar-refractivity contribution in [1.82, 2.24) is 4.90 Å². The zero-order valence-electron chi connectivity index (χ0n) is 17.0. The lowest BCUT2D eigenvalue weighted by molar-refractivity contribution is 0.359. The molecule has 0 spiro atoms. The first-order valence-electron chi connectivity index (χ1n) is 10.2. The van der Waals surface area contributed by atoms with Crippen LogP contribution in [0.25, 0.3) is 10.8 Å². The van der Waals surface area contributed by atoms with Crippen LogP contribution in [0.4, 0.5) is 11.4 Å². The van der Waals surface area contributed by atoms with Gasteiger partial charge in [-0.1, -0.05) is 30.3 Å². The molecule has 4 rings (SSSR count). The summed E-state index contributed by atoms with van der Waals surface area (Å²) in [4.78, 5) is 6.45. The van der Waals surface area contributed by atoms with E-state index < -0.39 is 10.0 Å². The van der Waals surface area contributed by atoms with E-state index in [0.717, 1.165) is 36.7 Å². The number of hydrogen-bond acceptors (Lipinski definition) is 6. The van der Waals surface area contributed by atoms with Gasteiger partial charge >= 0.3 is 0 Å². The monoisotopic (exact) mass is 439 g/mol. The Morgan fingerprint density at radius 2 is 1.74 bits per heavy atom. The molecule has 0 saturated carbocycles. The number of sulfonamides is 1. The van der Waals surface area contributed by atoms with Gasteiger partial charge in [-0.2, -0.15) is 0 Å². The minimum Gasteiger partial charge on any atom is -0.507 e. The molecule has 0 bridgehead atoms. The van der Waals surface area contributed by atoms with E-state index in [0.29, 0.717) is 17.8 Å². The number of aromatic hydroxyl groups is 2. The van der Waals surface area contributed by atoms with Crippen molar-refractivity contribution in [2.45, 2.75) is 12.8 Å². The zero-order valence-corrected chi connectivity index (χ0v) is 17.8. The van der Waals surface area contributed by atoms with Gasteiger partial charge in [0.1, 0.15) is 17.2 Å². The summed E-state index contributed by atoms with van der Waals surface area (Å²) in [5.41, 5.74) is 1.05. The normalized spacial score (nSPS) is 15.1. The Bertz CT molecular complexity index is 1220. The molecule has 0 unspecified atom stereocenters. The fraction of sp³-hybridized carbons (Fsp3) is 0.261. The average Bonchev–Trinajstić information content (AvgIpc) is 3.27. The van der Waals surface area contributed by atoms with Gasteiger partial charge in [-0.15, -0.1) is 0 Å². The molecule has 1 aliphatic heterocycles. The van der Waals surface area contributed by atoms with Gasteiger partial charge in [0.2, 0.25) is 10.0 Å². The van der Waals surface area contributed by atoms with Crippen molar-refractivity contribution >= 4 is 38.4 Å². The summed E-state index contributed by atoms with van der Waals surface area (Å²) in [5, 5.41) is 22.2. The maximum absolute atomic E-state index is 12.5. The second kappa shape index (κ2) is 8.95. The van der Waals surface area contributed by atoms with Gasteiger partial charge in [-0.25, -0.2) is 8.42 Å². The number of anilines is 1. The largest absolute Gasteiger partial charge is 0.507 e. The second-order valence-corrected chi connectivity index (χ2v) is 9.49. The molecule has 0 aliphatic carbocycles. The van der Waals surface area contributed by atoms with E-state index in [1.54, 1.807) is 6.07 Å². The highest BCUT2D eigenvalue weighted by Gasteiger charge is 2.17. The smallest absolute Gasteiger partial charge is 0.233 e. The van der Waals surface area contributed by atoms with Crippen molar-refractivity contribution < 1.29 is 18.6 Å². The van der Waals surface area contributed by atoms with Crippen LogP contribution in [-0.4, -0.2) is 55.1 Å². The first kappa shape index (κ1) is 21.1. The van der Waals surface area contributed by atoms with E-state index in [9.17, 15) is 18.6 Å². The van der Waals surface area contributed by atoms with Crippen LogP contribution in [0, 0.1) is 0 Å². The molecule has 162 valence electrons. The summed E-state index contributed by atoms with van der Waals surface area (Å²) >= 11 is 0. The SMILES string of the molecule is O=S(=O)(CCN1CCCC1)Nc1ccc(O)c(N=Cc2c(O)ccc3ccccc23)c1. The number of phenolic OH excluding ortho intramolecular Hbond substituents is 2. The van der Waals surface area contributed by atoms with E-state index in [2.05, 4.69) is 14.6 Å². The summed E-state index contributed by atoms with van der Waals surface area (Å²) in [5.74, 6) is -0.00667. The molecule has 7 nitrogen and oxygen atoms in total. The molecule has 8 heteroatoms. The van der Waals surface area contributed by atoms with Crippen molar-refractivity contribution in [3.63, 3.8) is 0 Å². The Kier molecular flexibility index (Phi) is 6.11. The highest BCUT2D eigenvalue weighted by molar-refractivity contribution is 7.92. The molecular weight excluding hydrogens is 414 g/mol. The number of likely N-dealkylation sites (tertiary alicyclic amines) is 1. The Balaban J connectivity index is 1.54. The third kappa shape index (κ3) is 5.15. The molecule has 1 aliphatic rings. The maximum atomic E-state index is 12.5. The van der Waals surface area contributed by atoms with Crippen LogP contribution in [0.1, 0.15) is 18.4 Å². The standard InChI is InChI=1S/C23H25N3O4S/c27-22-9-7-17-5-1-2-6-19(17)20(22)16-24-21-15-18(8-10-23(21)28)25-31(29,30)14-13-26-11-3-4-12-26/h1-2,5-10,15-16,25,27-28H,3-4,11-14H2. The van der Waals surface area contributed by atoms with Gasteiger partial charge in [0.15, 0.2) is 0 Å². The molecule has 1 heterocycles. The number of nitrogens with one attached hydrogen (secondary N) is 1. The average molecular weight is 440 g/mol. The topological polar surface area (TPSA) is 102 Å². The summed E-state index contributed by atoms with van der Waals surface area (Å²) in [6.07, 6.45) is 3.69. The van der Waals surface area contributed by atoms with Crippen molar-refractivity contribution in [1.29, 1.82) is 0 Å². The van der Waals surface area contributed by atoms with E-state index in [1.165, 1.54) is 24.4 Å². The number of aliphatic imine (C=N–C) groups is 1. The van der Waals surface area contributed by atoms with Gasteiger partial charge in [0, 0.05) is 18.3 Å². The predicted molar refractivity (Wildman–Crippen MR) is 124 cm³/mol. The number of benzene rings is 3. The molecule has 3 aromatic carbocycles. The Labute approximate surface area is 181 Å². The van der Waals surface area contributed by atoms with Crippen molar-refractivity contribution in [2.24, 2.45) is 4.99 Å². The van der Waals surface area contributed by atoms with Crippen LogP contribution >= 0.6 is 0 Å². The molecule has 1 saturated heterocycles. The fourth-order valence-electron chi connectivity index (χ4n) is 3.73. The van der Waals surface area contributed by atoms with Crippen LogP contribution in [-0.2, 0) is 10.0 Å². The van der Waals surface area contributed by atoms with Crippen LogP contribution in [0.15, 0.2) is 59.6 Å². The lowest BCUT2D eigenvalue weighted by Crippen LogP contribution is -2.29. The van der Waals surface area contributed by atoms with Gasteiger partial charge in [-0.05, 0) is 61.0 Å². The summed E-state index contributed by atoms with van der Waals surface area (Å²) in [6.45, 7) is 2.38. The summed E-state index contributed by atoms with van der Waals surface area (Å²) in [7, 11) is -3.52. The second-order valence-electron chi connectivity index (χ2n) is 7.65. The van der Waals surface area contributed by atoms with E-state index in [4.69, 9.17) is 0 Å². The molecule has 3 aromatic rings. The lowest BCUT2D eigenvalue weighted by Gasteiger charge is -2.15. The number of phenols is 2. The molecule has 1 fully saturated rings. The van der Waals surface area contributed by atoms with Gasteiger partial charge in [0.05, 0.1) is 11.4 Å². The molecule has 0 atom stereocenters. The molecule has 31 heavy (non-hydrogen) atoms. The van der Waals surface area contributed by atoms with Crippen molar-refractivity contribution in [3.8, 4) is 11.5 Å². The highest BCUT2D eigenvalue weighted by Crippen LogP contribution is 2.31. The lowest BCUT2D eigenvalue weighted by atomic mass is 10.0. The quantitative estimate of drug-likeness (QED) is 0.383. The van der Waals surface area contributed by atoms with Crippen LogP contribution in [0.2, 0.25) is 0 Å². The molecular formula is C23H25N3O4S. The first-order valence-corrected chi connectivity index (χ1v) is 11.9. The zero-order chi connectivity index (χ0) is 21.8. The number of rotatable bonds is 7. The third-order valence-corrected chi connectivity index (χ3v) is 6.67.